The van der Waals surface area contributed by atoms with Crippen LogP contribution in [0.15, 0.2) is 24.3 Å². The molecule has 0 aromatic rings. The molecule has 0 N–H and O–H groups in total. The summed E-state index contributed by atoms with van der Waals surface area (Å²) in [7, 11) is 2.61. The van der Waals surface area contributed by atoms with Crippen LogP contribution in [-0.4, -0.2) is 26.2 Å². The standard InChI is InChI=1S/C18H28O4/c1-6-8-9-10-11-14(3)17(12-7-2)13-18(17,15(19)21-4)16(20)22-5/h10-11H,3,6-9,12-13H2,1-2,4-5H3/b11-10+. The summed E-state index contributed by atoms with van der Waals surface area (Å²) in [6.45, 7) is 8.31. The Hall–Kier alpha value is -1.58. The van der Waals surface area contributed by atoms with Crippen molar-refractivity contribution in [1.29, 1.82) is 0 Å². The van der Waals surface area contributed by atoms with E-state index in [1.807, 2.05) is 13.0 Å². The number of ether oxygens (including phenoxy) is 2. The number of unbranched alkanes of at least 4 members (excludes halogenated alkanes) is 2. The highest BCUT2D eigenvalue weighted by molar-refractivity contribution is 6.06. The number of hydrogen-bond donors (Lipinski definition) is 0. The third kappa shape index (κ3) is 2.96. The van der Waals surface area contributed by atoms with Gasteiger partial charge in [0, 0.05) is 5.41 Å². The van der Waals surface area contributed by atoms with E-state index in [0.717, 1.165) is 31.3 Å². The SMILES string of the molecule is C=C(/C=C/CCCC)C1(CCC)CC1(C(=O)OC)C(=O)OC. The van der Waals surface area contributed by atoms with E-state index in [1.54, 1.807) is 0 Å². The molecule has 0 saturated heterocycles. The Morgan fingerprint density at radius 1 is 1.14 bits per heavy atom. The van der Waals surface area contributed by atoms with Gasteiger partial charge in [-0.2, -0.15) is 0 Å². The second kappa shape index (κ2) is 7.61. The lowest BCUT2D eigenvalue weighted by molar-refractivity contribution is -0.163. The van der Waals surface area contributed by atoms with E-state index in [2.05, 4.69) is 19.6 Å². The van der Waals surface area contributed by atoms with Crippen molar-refractivity contribution in [3.8, 4) is 0 Å². The summed E-state index contributed by atoms with van der Waals surface area (Å²) in [5.41, 5.74) is -0.968. The normalized spacial score (nSPS) is 22.4. The third-order valence-corrected chi connectivity index (χ3v) is 4.66. The Morgan fingerprint density at radius 2 is 1.73 bits per heavy atom. The number of methoxy groups -OCH3 is 2. The van der Waals surface area contributed by atoms with Gasteiger partial charge in [-0.15, -0.1) is 0 Å². The number of allylic oxidation sites excluding steroid dienone is 3. The highest BCUT2D eigenvalue weighted by Gasteiger charge is 2.78. The Kier molecular flexibility index (Phi) is 6.39. The van der Waals surface area contributed by atoms with Gasteiger partial charge in [0.05, 0.1) is 14.2 Å². The van der Waals surface area contributed by atoms with Gasteiger partial charge in [0.25, 0.3) is 0 Å². The Labute approximate surface area is 133 Å². The van der Waals surface area contributed by atoms with E-state index in [1.165, 1.54) is 14.2 Å². The van der Waals surface area contributed by atoms with Gasteiger partial charge < -0.3 is 9.47 Å². The molecule has 1 aliphatic carbocycles. The number of esters is 2. The van der Waals surface area contributed by atoms with Crippen molar-refractivity contribution in [3.05, 3.63) is 24.3 Å². The van der Waals surface area contributed by atoms with Crippen LogP contribution in [0.1, 0.15) is 52.4 Å². The summed E-state index contributed by atoms with van der Waals surface area (Å²) in [6, 6.07) is 0. The minimum Gasteiger partial charge on any atom is -0.468 e. The molecule has 1 fully saturated rings. The molecule has 0 amide bonds. The van der Waals surface area contributed by atoms with Gasteiger partial charge >= 0.3 is 11.9 Å². The van der Waals surface area contributed by atoms with Crippen LogP contribution in [0.5, 0.6) is 0 Å². The first kappa shape index (κ1) is 18.5. The molecule has 0 aliphatic heterocycles. The smallest absolute Gasteiger partial charge is 0.324 e. The first-order valence-electron chi connectivity index (χ1n) is 7.99. The predicted molar refractivity (Wildman–Crippen MR) is 86.2 cm³/mol. The van der Waals surface area contributed by atoms with Crippen molar-refractivity contribution < 1.29 is 19.1 Å². The summed E-state index contributed by atoms with van der Waals surface area (Å²) >= 11 is 0. The summed E-state index contributed by atoms with van der Waals surface area (Å²) in [6.07, 6.45) is 9.24. The quantitative estimate of drug-likeness (QED) is 0.281. The van der Waals surface area contributed by atoms with Crippen LogP contribution in [0.4, 0.5) is 0 Å². The molecule has 124 valence electrons. The Balaban J connectivity index is 3.07. The molecule has 0 heterocycles. The zero-order valence-electron chi connectivity index (χ0n) is 14.2. The molecule has 0 aromatic carbocycles. The van der Waals surface area contributed by atoms with Crippen LogP contribution >= 0.6 is 0 Å². The molecule has 1 saturated carbocycles. The second-order valence-electron chi connectivity index (χ2n) is 5.97. The molecule has 1 unspecified atom stereocenters. The molecule has 22 heavy (non-hydrogen) atoms. The maximum absolute atomic E-state index is 12.3. The second-order valence-corrected chi connectivity index (χ2v) is 5.97. The number of hydrogen-bond acceptors (Lipinski definition) is 4. The molecule has 1 atom stereocenters. The van der Waals surface area contributed by atoms with Crippen LogP contribution in [0.25, 0.3) is 0 Å². The van der Waals surface area contributed by atoms with Crippen molar-refractivity contribution in [1.82, 2.24) is 0 Å². The van der Waals surface area contributed by atoms with E-state index in [-0.39, 0.29) is 0 Å². The maximum atomic E-state index is 12.3. The topological polar surface area (TPSA) is 52.6 Å². The van der Waals surface area contributed by atoms with Crippen molar-refractivity contribution >= 4 is 11.9 Å². The molecule has 4 nitrogen and oxygen atoms in total. The van der Waals surface area contributed by atoms with E-state index in [9.17, 15) is 9.59 Å². The minimum atomic E-state index is -1.22. The molecule has 0 radical (unpaired) electrons. The van der Waals surface area contributed by atoms with Crippen LogP contribution in [0.2, 0.25) is 0 Å². The number of rotatable bonds is 9. The number of carbonyl (C=O) groups excluding carboxylic acids is 2. The van der Waals surface area contributed by atoms with E-state index < -0.39 is 22.8 Å². The van der Waals surface area contributed by atoms with Crippen molar-refractivity contribution in [3.63, 3.8) is 0 Å². The molecule has 4 heteroatoms. The maximum Gasteiger partial charge on any atom is 0.324 e. The molecule has 0 spiro atoms. The van der Waals surface area contributed by atoms with Crippen LogP contribution < -0.4 is 0 Å². The molecular weight excluding hydrogens is 280 g/mol. The van der Waals surface area contributed by atoms with Gasteiger partial charge in [-0.3, -0.25) is 9.59 Å². The Bertz CT molecular complexity index is 448. The Morgan fingerprint density at radius 3 is 2.18 bits per heavy atom. The zero-order valence-corrected chi connectivity index (χ0v) is 14.2. The van der Waals surface area contributed by atoms with Gasteiger partial charge in [0.1, 0.15) is 0 Å². The average molecular weight is 308 g/mol. The highest BCUT2D eigenvalue weighted by Crippen LogP contribution is 2.71. The van der Waals surface area contributed by atoms with Crippen molar-refractivity contribution in [2.24, 2.45) is 10.8 Å². The van der Waals surface area contributed by atoms with Gasteiger partial charge in [-0.05, 0) is 24.8 Å². The molecule has 0 aromatic heterocycles. The largest absolute Gasteiger partial charge is 0.468 e. The first-order valence-corrected chi connectivity index (χ1v) is 7.99. The van der Waals surface area contributed by atoms with Crippen LogP contribution in [-0.2, 0) is 19.1 Å². The minimum absolute atomic E-state index is 0.421. The zero-order chi connectivity index (χ0) is 16.8. The number of carbonyl (C=O) groups is 2. The van der Waals surface area contributed by atoms with Crippen LogP contribution in [0.3, 0.4) is 0 Å². The summed E-state index contributed by atoms with van der Waals surface area (Å²) in [5, 5.41) is 0. The highest BCUT2D eigenvalue weighted by atomic mass is 16.5. The fraction of sp³-hybridized carbons (Fsp3) is 0.667. The molecule has 1 rings (SSSR count). The summed E-state index contributed by atoms with van der Waals surface area (Å²) in [5.74, 6) is -1.04. The molecular formula is C18H28O4. The van der Waals surface area contributed by atoms with Crippen molar-refractivity contribution in [2.45, 2.75) is 52.4 Å². The third-order valence-electron chi connectivity index (χ3n) is 4.66. The fourth-order valence-electron chi connectivity index (χ4n) is 3.36. The fourth-order valence-corrected chi connectivity index (χ4v) is 3.36. The summed E-state index contributed by atoms with van der Waals surface area (Å²) < 4.78 is 9.78. The summed E-state index contributed by atoms with van der Waals surface area (Å²) in [4.78, 5) is 24.6. The first-order chi connectivity index (χ1) is 10.5. The lowest BCUT2D eigenvalue weighted by Crippen LogP contribution is -2.35. The van der Waals surface area contributed by atoms with Gasteiger partial charge in [0.15, 0.2) is 5.41 Å². The van der Waals surface area contributed by atoms with E-state index in [0.29, 0.717) is 12.8 Å². The predicted octanol–water partition coefficient (Wildman–Crippen LogP) is 3.81. The van der Waals surface area contributed by atoms with Crippen LogP contribution in [0, 0.1) is 10.8 Å². The average Bonchev–Trinajstić information content (AvgIpc) is 3.21. The van der Waals surface area contributed by atoms with Gasteiger partial charge in [-0.25, -0.2) is 0 Å². The van der Waals surface area contributed by atoms with E-state index >= 15 is 0 Å². The van der Waals surface area contributed by atoms with Crippen molar-refractivity contribution in [2.75, 3.05) is 14.2 Å². The molecule has 0 bridgehead atoms. The monoisotopic (exact) mass is 308 g/mol. The van der Waals surface area contributed by atoms with Gasteiger partial charge in [-0.1, -0.05) is 51.8 Å². The molecule has 1 aliphatic rings. The lowest BCUT2D eigenvalue weighted by atomic mass is 9.82. The lowest BCUT2D eigenvalue weighted by Gasteiger charge is -2.23. The van der Waals surface area contributed by atoms with Gasteiger partial charge in [0.2, 0.25) is 0 Å². The van der Waals surface area contributed by atoms with E-state index in [4.69, 9.17) is 9.47 Å².